The second kappa shape index (κ2) is 8.40. The summed E-state index contributed by atoms with van der Waals surface area (Å²) in [6, 6.07) is 16.5. The van der Waals surface area contributed by atoms with Crippen LogP contribution in [0.3, 0.4) is 0 Å². The van der Waals surface area contributed by atoms with Gasteiger partial charge >= 0.3 is 0 Å². The quantitative estimate of drug-likeness (QED) is 0.805. The Labute approximate surface area is 135 Å². The molecule has 4 heteroatoms. The second-order valence-corrected chi connectivity index (χ2v) is 5.04. The minimum Gasteiger partial charge on any atom is -0.355 e. The molecule has 0 saturated heterocycles. The maximum Gasteiger partial charge on any atom is 0.226 e. The summed E-state index contributed by atoms with van der Waals surface area (Å²) in [5.41, 5.74) is 2.31. The van der Waals surface area contributed by atoms with Crippen molar-refractivity contribution in [2.24, 2.45) is 0 Å². The Morgan fingerprint density at radius 1 is 1.00 bits per heavy atom. The molecule has 0 aliphatic carbocycles. The molecule has 2 rings (SSSR count). The van der Waals surface area contributed by atoms with E-state index in [1.54, 1.807) is 24.3 Å². The van der Waals surface area contributed by atoms with E-state index in [1.165, 1.54) is 0 Å². The Bertz CT molecular complexity index is 718. The first-order chi connectivity index (χ1) is 11.2. The number of anilines is 1. The summed E-state index contributed by atoms with van der Waals surface area (Å²) in [6.45, 7) is 0.298. The molecule has 23 heavy (non-hydrogen) atoms. The molecule has 0 fully saturated rings. The van der Waals surface area contributed by atoms with E-state index in [-0.39, 0.29) is 18.2 Å². The van der Waals surface area contributed by atoms with Gasteiger partial charge in [-0.3, -0.25) is 9.59 Å². The van der Waals surface area contributed by atoms with Crippen molar-refractivity contribution in [2.75, 3.05) is 11.9 Å². The van der Waals surface area contributed by atoms with Crippen molar-refractivity contribution in [2.45, 2.75) is 12.8 Å². The molecule has 0 radical (unpaired) electrons. The number of carbonyl (C=O) groups is 2. The van der Waals surface area contributed by atoms with Gasteiger partial charge < -0.3 is 10.6 Å². The van der Waals surface area contributed by atoms with E-state index in [9.17, 15) is 9.59 Å². The average molecular weight is 306 g/mol. The van der Waals surface area contributed by atoms with E-state index in [0.717, 1.165) is 5.56 Å². The van der Waals surface area contributed by atoms with Gasteiger partial charge in [0.15, 0.2) is 0 Å². The van der Waals surface area contributed by atoms with Crippen molar-refractivity contribution >= 4 is 17.5 Å². The second-order valence-electron chi connectivity index (χ2n) is 5.04. The zero-order valence-electron chi connectivity index (χ0n) is 12.7. The fraction of sp³-hybridized carbons (Fsp3) is 0.158. The minimum absolute atomic E-state index is 0.0988. The predicted octanol–water partition coefficient (Wildman–Crippen LogP) is 2.36. The lowest BCUT2D eigenvalue weighted by atomic mass is 10.1. The van der Waals surface area contributed by atoms with Crippen LogP contribution in [0.2, 0.25) is 0 Å². The number of rotatable bonds is 6. The van der Waals surface area contributed by atoms with Crippen LogP contribution in [0.1, 0.15) is 17.5 Å². The van der Waals surface area contributed by atoms with Crippen molar-refractivity contribution in [3.8, 4) is 12.3 Å². The first kappa shape index (κ1) is 16.3. The normalized spacial score (nSPS) is 9.70. The third kappa shape index (κ3) is 5.68. The molecule has 0 unspecified atom stereocenters. The molecule has 0 aliphatic rings. The fourth-order valence-electron chi connectivity index (χ4n) is 2.07. The van der Waals surface area contributed by atoms with Gasteiger partial charge in [-0.2, -0.15) is 0 Å². The summed E-state index contributed by atoms with van der Waals surface area (Å²) in [5.74, 6) is 2.25. The van der Waals surface area contributed by atoms with Gasteiger partial charge in [0.1, 0.15) is 0 Å². The number of carbonyl (C=O) groups excluding carboxylic acids is 2. The number of benzene rings is 2. The molecular weight excluding hydrogens is 288 g/mol. The lowest BCUT2D eigenvalue weighted by Gasteiger charge is -2.07. The summed E-state index contributed by atoms with van der Waals surface area (Å²) >= 11 is 0. The summed E-state index contributed by atoms with van der Waals surface area (Å²) in [6.07, 6.45) is 5.84. The van der Waals surface area contributed by atoms with Gasteiger partial charge in [-0.15, -0.1) is 6.42 Å². The zero-order valence-corrected chi connectivity index (χ0v) is 12.7. The van der Waals surface area contributed by atoms with Crippen LogP contribution in [0.15, 0.2) is 54.6 Å². The highest BCUT2D eigenvalue weighted by Crippen LogP contribution is 2.09. The van der Waals surface area contributed by atoms with Crippen LogP contribution >= 0.6 is 0 Å². The zero-order chi connectivity index (χ0) is 16.5. The largest absolute Gasteiger partial charge is 0.355 e. The van der Waals surface area contributed by atoms with Crippen molar-refractivity contribution in [3.63, 3.8) is 0 Å². The molecule has 4 nitrogen and oxygen atoms in total. The topological polar surface area (TPSA) is 58.2 Å². The molecule has 0 atom stereocenters. The number of hydrogen-bond donors (Lipinski definition) is 2. The summed E-state index contributed by atoms with van der Waals surface area (Å²) in [5, 5.41) is 5.49. The molecule has 0 aliphatic heterocycles. The third-order valence-corrected chi connectivity index (χ3v) is 3.19. The van der Waals surface area contributed by atoms with Gasteiger partial charge in [0.05, 0.1) is 6.42 Å². The van der Waals surface area contributed by atoms with E-state index < -0.39 is 0 Å². The van der Waals surface area contributed by atoms with Crippen LogP contribution in [-0.4, -0.2) is 18.4 Å². The number of nitrogens with one attached hydrogen (secondary N) is 2. The number of terminal acetylenes is 1. The van der Waals surface area contributed by atoms with Crippen molar-refractivity contribution in [1.29, 1.82) is 0 Å². The number of hydrogen-bond acceptors (Lipinski definition) is 2. The van der Waals surface area contributed by atoms with Gasteiger partial charge in [-0.1, -0.05) is 42.3 Å². The number of amides is 2. The Balaban J connectivity index is 1.72. The highest BCUT2D eigenvalue weighted by molar-refractivity contribution is 5.91. The Hall–Kier alpha value is -3.06. The van der Waals surface area contributed by atoms with Crippen LogP contribution in [-0.2, 0) is 16.0 Å². The van der Waals surface area contributed by atoms with E-state index in [2.05, 4.69) is 16.6 Å². The lowest BCUT2D eigenvalue weighted by Crippen LogP contribution is -2.28. The van der Waals surface area contributed by atoms with E-state index in [0.29, 0.717) is 24.2 Å². The average Bonchev–Trinajstić information content (AvgIpc) is 2.56. The van der Waals surface area contributed by atoms with Crippen LogP contribution in [0.4, 0.5) is 5.69 Å². The van der Waals surface area contributed by atoms with E-state index >= 15 is 0 Å². The SMILES string of the molecule is C#Cc1cccc(NC(=O)CCNC(=O)Cc2ccccc2)c1. The molecule has 2 amide bonds. The third-order valence-electron chi connectivity index (χ3n) is 3.19. The van der Waals surface area contributed by atoms with E-state index in [4.69, 9.17) is 6.42 Å². The monoisotopic (exact) mass is 306 g/mol. The first-order valence-corrected chi connectivity index (χ1v) is 7.34. The molecule has 2 aromatic carbocycles. The summed E-state index contributed by atoms with van der Waals surface area (Å²) < 4.78 is 0. The Morgan fingerprint density at radius 2 is 1.78 bits per heavy atom. The maximum absolute atomic E-state index is 11.8. The highest BCUT2D eigenvalue weighted by atomic mass is 16.2. The first-order valence-electron chi connectivity index (χ1n) is 7.34. The maximum atomic E-state index is 11.8. The molecular formula is C19H18N2O2. The van der Waals surface area contributed by atoms with Gasteiger partial charge in [0.2, 0.25) is 11.8 Å². The van der Waals surface area contributed by atoms with Crippen molar-refractivity contribution < 1.29 is 9.59 Å². The highest BCUT2D eigenvalue weighted by Gasteiger charge is 2.06. The molecule has 0 spiro atoms. The van der Waals surface area contributed by atoms with Crippen LogP contribution in [0.25, 0.3) is 0 Å². The smallest absolute Gasteiger partial charge is 0.226 e. The molecule has 2 aromatic rings. The summed E-state index contributed by atoms with van der Waals surface area (Å²) in [7, 11) is 0. The molecule has 0 heterocycles. The fourth-order valence-corrected chi connectivity index (χ4v) is 2.07. The van der Waals surface area contributed by atoms with Gasteiger partial charge in [-0.05, 0) is 23.8 Å². The Morgan fingerprint density at radius 3 is 2.52 bits per heavy atom. The van der Waals surface area contributed by atoms with Crippen molar-refractivity contribution in [3.05, 3.63) is 65.7 Å². The molecule has 0 aromatic heterocycles. The standard InChI is InChI=1S/C19H18N2O2/c1-2-15-9-6-10-17(13-15)21-18(22)11-12-20-19(23)14-16-7-4-3-5-8-16/h1,3-10,13H,11-12,14H2,(H,20,23)(H,21,22). The lowest BCUT2D eigenvalue weighted by molar-refractivity contribution is -0.120. The Kier molecular flexibility index (Phi) is 5.96. The van der Waals surface area contributed by atoms with Crippen LogP contribution in [0, 0.1) is 12.3 Å². The predicted molar refractivity (Wildman–Crippen MR) is 90.8 cm³/mol. The van der Waals surface area contributed by atoms with Gasteiger partial charge in [0, 0.05) is 24.2 Å². The van der Waals surface area contributed by atoms with E-state index in [1.807, 2.05) is 30.3 Å². The van der Waals surface area contributed by atoms with Crippen molar-refractivity contribution in [1.82, 2.24) is 5.32 Å². The van der Waals surface area contributed by atoms with Gasteiger partial charge in [0.25, 0.3) is 0 Å². The van der Waals surface area contributed by atoms with Gasteiger partial charge in [-0.25, -0.2) is 0 Å². The molecule has 0 bridgehead atoms. The molecule has 0 saturated carbocycles. The minimum atomic E-state index is -0.167. The molecule has 2 N–H and O–H groups in total. The van der Waals surface area contributed by atoms with Crippen LogP contribution < -0.4 is 10.6 Å². The van der Waals surface area contributed by atoms with Crippen LogP contribution in [0.5, 0.6) is 0 Å². The molecule has 116 valence electrons. The summed E-state index contributed by atoms with van der Waals surface area (Å²) in [4.78, 5) is 23.6.